The molecule has 3 unspecified atom stereocenters. The third-order valence-corrected chi connectivity index (χ3v) is 4.15. The second kappa shape index (κ2) is 7.88. The molecule has 0 radical (unpaired) electrons. The van der Waals surface area contributed by atoms with E-state index in [0.717, 1.165) is 32.1 Å². The first-order valence-corrected chi connectivity index (χ1v) is 8.09. The van der Waals surface area contributed by atoms with E-state index in [0.29, 0.717) is 17.9 Å². The fraction of sp³-hybridized carbons (Fsp3) is 0.938. The molecule has 1 amide bonds. The topological polar surface area (TPSA) is 32.3 Å². The molecule has 0 saturated carbocycles. The quantitative estimate of drug-likeness (QED) is 0.730. The molecule has 1 rings (SSSR count). The monoisotopic (exact) mass is 268 g/mol. The largest absolute Gasteiger partial charge is 0.323 e. The zero-order valence-electron chi connectivity index (χ0n) is 13.4. The van der Waals surface area contributed by atoms with Crippen LogP contribution in [0, 0.1) is 5.92 Å². The summed E-state index contributed by atoms with van der Waals surface area (Å²) in [4.78, 5) is 14.6. The van der Waals surface area contributed by atoms with Crippen molar-refractivity contribution in [1.29, 1.82) is 0 Å². The van der Waals surface area contributed by atoms with Crippen LogP contribution in [-0.2, 0) is 4.79 Å². The number of hydrogen-bond donors (Lipinski definition) is 1. The summed E-state index contributed by atoms with van der Waals surface area (Å²) in [6.07, 6.45) is 6.83. The molecular formula is C16H32N2O. The van der Waals surface area contributed by atoms with Gasteiger partial charge in [0.15, 0.2) is 0 Å². The molecule has 1 fully saturated rings. The highest BCUT2D eigenvalue weighted by molar-refractivity contribution is 5.84. The Kier molecular flexibility index (Phi) is 6.84. The van der Waals surface area contributed by atoms with Crippen LogP contribution >= 0.6 is 0 Å². The number of nitrogens with one attached hydrogen (secondary N) is 1. The van der Waals surface area contributed by atoms with Gasteiger partial charge in [-0.15, -0.1) is 0 Å². The first-order valence-electron chi connectivity index (χ1n) is 8.09. The van der Waals surface area contributed by atoms with Gasteiger partial charge in [0.1, 0.15) is 0 Å². The normalized spacial score (nSPS) is 25.4. The number of hydrogen-bond acceptors (Lipinski definition) is 2. The highest BCUT2D eigenvalue weighted by Gasteiger charge is 2.39. The summed E-state index contributed by atoms with van der Waals surface area (Å²) in [6.45, 7) is 11.0. The van der Waals surface area contributed by atoms with Gasteiger partial charge in [0.05, 0.1) is 12.2 Å². The molecule has 0 aliphatic carbocycles. The Labute approximate surface area is 119 Å². The van der Waals surface area contributed by atoms with Crippen molar-refractivity contribution in [3.63, 3.8) is 0 Å². The van der Waals surface area contributed by atoms with Gasteiger partial charge in [0.25, 0.3) is 0 Å². The number of rotatable bonds is 8. The minimum atomic E-state index is 0.0615. The average molecular weight is 268 g/mol. The van der Waals surface area contributed by atoms with Gasteiger partial charge in [0, 0.05) is 6.04 Å². The molecule has 3 heteroatoms. The Bertz CT molecular complexity index is 278. The van der Waals surface area contributed by atoms with Crippen molar-refractivity contribution in [1.82, 2.24) is 10.2 Å². The van der Waals surface area contributed by atoms with Crippen molar-refractivity contribution in [2.24, 2.45) is 5.92 Å². The van der Waals surface area contributed by atoms with E-state index in [-0.39, 0.29) is 12.2 Å². The van der Waals surface area contributed by atoms with E-state index in [2.05, 4.69) is 44.8 Å². The molecule has 0 bridgehead atoms. The molecule has 0 spiro atoms. The molecule has 1 N–H and O–H groups in total. The van der Waals surface area contributed by atoms with E-state index in [9.17, 15) is 4.79 Å². The van der Waals surface area contributed by atoms with Crippen LogP contribution in [0.1, 0.15) is 73.1 Å². The summed E-state index contributed by atoms with van der Waals surface area (Å²) in [7, 11) is 0. The lowest BCUT2D eigenvalue weighted by molar-refractivity contribution is -0.132. The fourth-order valence-corrected chi connectivity index (χ4v) is 2.88. The van der Waals surface area contributed by atoms with Crippen molar-refractivity contribution < 1.29 is 4.79 Å². The van der Waals surface area contributed by atoms with E-state index in [1.165, 1.54) is 6.42 Å². The van der Waals surface area contributed by atoms with Crippen LogP contribution in [0.15, 0.2) is 0 Å². The van der Waals surface area contributed by atoms with Gasteiger partial charge in [0.2, 0.25) is 5.91 Å². The van der Waals surface area contributed by atoms with Gasteiger partial charge in [-0.3, -0.25) is 10.1 Å². The minimum Gasteiger partial charge on any atom is -0.323 e. The van der Waals surface area contributed by atoms with Gasteiger partial charge in [-0.05, 0) is 38.5 Å². The van der Waals surface area contributed by atoms with E-state index >= 15 is 0 Å². The van der Waals surface area contributed by atoms with Crippen LogP contribution in [0.25, 0.3) is 0 Å². The maximum absolute atomic E-state index is 12.5. The lowest BCUT2D eigenvalue weighted by Gasteiger charge is -2.30. The van der Waals surface area contributed by atoms with Gasteiger partial charge in [-0.2, -0.15) is 0 Å². The molecule has 19 heavy (non-hydrogen) atoms. The predicted molar refractivity (Wildman–Crippen MR) is 80.9 cm³/mol. The second-order valence-electron chi connectivity index (χ2n) is 6.35. The van der Waals surface area contributed by atoms with Crippen LogP contribution < -0.4 is 5.32 Å². The molecule has 112 valence electrons. The van der Waals surface area contributed by atoms with Crippen molar-refractivity contribution in [2.75, 3.05) is 0 Å². The lowest BCUT2D eigenvalue weighted by atomic mass is 10.0. The molecule has 1 saturated heterocycles. The SMILES string of the molecule is CCCCC1NC(CC)N(C(C)CCC(C)C)C1=O. The van der Waals surface area contributed by atoms with Crippen molar-refractivity contribution in [3.05, 3.63) is 0 Å². The smallest absolute Gasteiger partial charge is 0.241 e. The summed E-state index contributed by atoms with van der Waals surface area (Å²) in [5.74, 6) is 1.04. The number of unbranched alkanes of at least 4 members (excludes halogenated alkanes) is 1. The second-order valence-corrected chi connectivity index (χ2v) is 6.35. The maximum Gasteiger partial charge on any atom is 0.241 e. The Morgan fingerprint density at radius 3 is 2.42 bits per heavy atom. The van der Waals surface area contributed by atoms with Crippen molar-refractivity contribution in [3.8, 4) is 0 Å². The first kappa shape index (κ1) is 16.5. The summed E-state index contributed by atoms with van der Waals surface area (Å²) in [6, 6.07) is 0.422. The van der Waals surface area contributed by atoms with Gasteiger partial charge in [-0.1, -0.05) is 40.5 Å². The minimum absolute atomic E-state index is 0.0615. The molecule has 1 heterocycles. The molecule has 3 nitrogen and oxygen atoms in total. The Morgan fingerprint density at radius 1 is 1.21 bits per heavy atom. The van der Waals surface area contributed by atoms with Gasteiger partial charge >= 0.3 is 0 Å². The number of nitrogens with zero attached hydrogens (tertiary/aromatic N) is 1. The Balaban J connectivity index is 2.60. The van der Waals surface area contributed by atoms with E-state index in [1.807, 2.05) is 0 Å². The Hall–Kier alpha value is -0.570. The predicted octanol–water partition coefficient (Wildman–Crippen LogP) is 3.54. The van der Waals surface area contributed by atoms with Crippen LogP contribution in [-0.4, -0.2) is 29.1 Å². The maximum atomic E-state index is 12.5. The third kappa shape index (κ3) is 4.48. The van der Waals surface area contributed by atoms with Crippen LogP contribution in [0.4, 0.5) is 0 Å². The van der Waals surface area contributed by atoms with Crippen molar-refractivity contribution in [2.45, 2.75) is 91.4 Å². The molecule has 1 aliphatic rings. The van der Waals surface area contributed by atoms with E-state index < -0.39 is 0 Å². The first-order chi connectivity index (χ1) is 9.01. The van der Waals surface area contributed by atoms with E-state index in [4.69, 9.17) is 0 Å². The molecular weight excluding hydrogens is 236 g/mol. The standard InChI is InChI=1S/C16H32N2O/c1-6-8-9-14-16(19)18(15(7-2)17-14)13(5)11-10-12(3)4/h12-15,17H,6-11H2,1-5H3. The third-order valence-electron chi connectivity index (χ3n) is 4.15. The number of carbonyl (C=O) groups excluding carboxylic acids is 1. The van der Waals surface area contributed by atoms with Crippen molar-refractivity contribution >= 4 is 5.91 Å². The lowest BCUT2D eigenvalue weighted by Crippen LogP contribution is -2.43. The Morgan fingerprint density at radius 2 is 1.89 bits per heavy atom. The fourth-order valence-electron chi connectivity index (χ4n) is 2.88. The van der Waals surface area contributed by atoms with Crippen LogP contribution in [0.2, 0.25) is 0 Å². The van der Waals surface area contributed by atoms with Gasteiger partial charge < -0.3 is 4.90 Å². The number of carbonyl (C=O) groups is 1. The van der Waals surface area contributed by atoms with E-state index in [1.54, 1.807) is 0 Å². The average Bonchev–Trinajstić information content (AvgIpc) is 2.70. The molecule has 1 aliphatic heterocycles. The zero-order valence-corrected chi connectivity index (χ0v) is 13.4. The summed E-state index contributed by atoms with van der Waals surface area (Å²) < 4.78 is 0. The van der Waals surface area contributed by atoms with Crippen LogP contribution in [0.5, 0.6) is 0 Å². The molecule has 3 atom stereocenters. The zero-order chi connectivity index (χ0) is 14.4. The highest BCUT2D eigenvalue weighted by Crippen LogP contribution is 2.23. The van der Waals surface area contributed by atoms with Crippen LogP contribution in [0.3, 0.4) is 0 Å². The highest BCUT2D eigenvalue weighted by atomic mass is 16.2. The summed E-state index contributed by atoms with van der Waals surface area (Å²) in [5.41, 5.74) is 0. The molecule has 0 aromatic heterocycles. The number of amides is 1. The molecule has 0 aromatic rings. The summed E-state index contributed by atoms with van der Waals surface area (Å²) in [5, 5.41) is 3.52. The summed E-state index contributed by atoms with van der Waals surface area (Å²) >= 11 is 0. The molecule has 0 aromatic carbocycles. The van der Waals surface area contributed by atoms with Gasteiger partial charge in [-0.25, -0.2) is 0 Å².